The number of carbonyl (C=O) groups is 1. The Morgan fingerprint density at radius 2 is 2.00 bits per heavy atom. The van der Waals surface area contributed by atoms with Gasteiger partial charge in [-0.1, -0.05) is 24.2 Å². The molecule has 23 heavy (non-hydrogen) atoms. The number of halogens is 1. The Kier molecular flexibility index (Phi) is 3.86. The second-order valence-electron chi connectivity index (χ2n) is 5.85. The fourth-order valence-corrected chi connectivity index (χ4v) is 3.08. The molecule has 1 aliphatic rings. The number of carbonyl (C=O) groups excluding carboxylic acids is 1. The summed E-state index contributed by atoms with van der Waals surface area (Å²) >= 11 is 6.16. The van der Waals surface area contributed by atoms with Crippen molar-refractivity contribution >= 4 is 28.9 Å². The van der Waals surface area contributed by atoms with Crippen molar-refractivity contribution < 1.29 is 4.79 Å². The SMILES string of the molecule is C=C1N(C)c2cc(-c3cc(C)cc(Cl)c3)cnc2N1CC(C)=O. The van der Waals surface area contributed by atoms with E-state index in [4.69, 9.17) is 11.6 Å². The van der Waals surface area contributed by atoms with Gasteiger partial charge < -0.3 is 9.80 Å². The summed E-state index contributed by atoms with van der Waals surface area (Å²) in [7, 11) is 1.93. The molecule has 0 saturated carbocycles. The maximum atomic E-state index is 11.5. The third-order valence-electron chi connectivity index (χ3n) is 3.92. The van der Waals surface area contributed by atoms with Crippen LogP contribution in [0.5, 0.6) is 0 Å². The van der Waals surface area contributed by atoms with E-state index < -0.39 is 0 Å². The van der Waals surface area contributed by atoms with E-state index in [0.717, 1.165) is 34.0 Å². The third-order valence-corrected chi connectivity index (χ3v) is 4.14. The van der Waals surface area contributed by atoms with E-state index in [2.05, 4.69) is 23.7 Å². The highest BCUT2D eigenvalue weighted by atomic mass is 35.5. The van der Waals surface area contributed by atoms with Crippen LogP contribution in [0.2, 0.25) is 5.02 Å². The van der Waals surface area contributed by atoms with E-state index in [1.54, 1.807) is 6.92 Å². The highest BCUT2D eigenvalue weighted by Gasteiger charge is 2.29. The van der Waals surface area contributed by atoms with Crippen LogP contribution in [0.15, 0.2) is 42.9 Å². The zero-order chi connectivity index (χ0) is 16.7. The number of pyridine rings is 1. The van der Waals surface area contributed by atoms with Crippen molar-refractivity contribution in [3.63, 3.8) is 0 Å². The number of aryl methyl sites for hydroxylation is 1. The number of benzene rings is 1. The van der Waals surface area contributed by atoms with E-state index >= 15 is 0 Å². The molecule has 1 aliphatic heterocycles. The number of Topliss-reactive ketones (excluding diaryl/α,β-unsaturated/α-hetero) is 1. The smallest absolute Gasteiger partial charge is 0.158 e. The fraction of sp³-hybridized carbons (Fsp3) is 0.222. The van der Waals surface area contributed by atoms with E-state index in [0.29, 0.717) is 5.02 Å². The molecule has 0 fully saturated rings. The highest BCUT2D eigenvalue weighted by molar-refractivity contribution is 6.31. The molecule has 4 nitrogen and oxygen atoms in total. The van der Waals surface area contributed by atoms with E-state index in [-0.39, 0.29) is 12.3 Å². The van der Waals surface area contributed by atoms with Gasteiger partial charge in [0.1, 0.15) is 11.6 Å². The Balaban J connectivity index is 2.06. The predicted molar refractivity (Wildman–Crippen MR) is 95.0 cm³/mol. The molecular weight excluding hydrogens is 310 g/mol. The molecule has 0 saturated heterocycles. The number of nitrogens with zero attached hydrogens (tertiary/aromatic N) is 3. The first kappa shape index (κ1) is 15.6. The molecule has 0 bridgehead atoms. The van der Waals surface area contributed by atoms with Gasteiger partial charge in [0.25, 0.3) is 0 Å². The van der Waals surface area contributed by atoms with Gasteiger partial charge in [-0.15, -0.1) is 0 Å². The number of fused-ring (bicyclic) bond motifs is 1. The number of ketones is 1. The van der Waals surface area contributed by atoms with Crippen LogP contribution < -0.4 is 9.80 Å². The molecule has 1 aromatic carbocycles. The zero-order valence-corrected chi connectivity index (χ0v) is 14.2. The monoisotopic (exact) mass is 327 g/mol. The quantitative estimate of drug-likeness (QED) is 0.853. The summed E-state index contributed by atoms with van der Waals surface area (Å²) in [5.41, 5.74) is 4.04. The van der Waals surface area contributed by atoms with Gasteiger partial charge >= 0.3 is 0 Å². The maximum Gasteiger partial charge on any atom is 0.158 e. The topological polar surface area (TPSA) is 36.4 Å². The molecule has 118 valence electrons. The Morgan fingerprint density at radius 1 is 1.26 bits per heavy atom. The van der Waals surface area contributed by atoms with Gasteiger partial charge in [0.05, 0.1) is 12.2 Å². The Bertz CT molecular complexity index is 796. The molecule has 0 N–H and O–H groups in total. The fourth-order valence-electron chi connectivity index (χ4n) is 2.79. The predicted octanol–water partition coefficient (Wildman–Crippen LogP) is 4.03. The summed E-state index contributed by atoms with van der Waals surface area (Å²) in [6, 6.07) is 7.98. The minimum Gasteiger partial charge on any atom is -0.328 e. The minimum absolute atomic E-state index is 0.0729. The van der Waals surface area contributed by atoms with Crippen LogP contribution in [0.4, 0.5) is 11.5 Å². The Morgan fingerprint density at radius 3 is 2.65 bits per heavy atom. The van der Waals surface area contributed by atoms with Crippen molar-refractivity contribution in [1.82, 2.24) is 4.98 Å². The normalized spacial score (nSPS) is 13.5. The van der Waals surface area contributed by atoms with Gasteiger partial charge in [-0.05, 0) is 43.2 Å². The number of anilines is 2. The van der Waals surface area contributed by atoms with Crippen LogP contribution in [-0.4, -0.2) is 24.4 Å². The van der Waals surface area contributed by atoms with E-state index in [9.17, 15) is 4.79 Å². The first-order valence-electron chi connectivity index (χ1n) is 7.34. The summed E-state index contributed by atoms with van der Waals surface area (Å²) in [5.74, 6) is 1.58. The van der Waals surface area contributed by atoms with Crippen molar-refractivity contribution in [2.45, 2.75) is 13.8 Å². The molecule has 2 heterocycles. The molecule has 1 aromatic heterocycles. The van der Waals surface area contributed by atoms with Gasteiger partial charge in [-0.2, -0.15) is 0 Å². The molecule has 0 amide bonds. The lowest BCUT2D eigenvalue weighted by atomic mass is 10.0. The second kappa shape index (κ2) is 5.70. The van der Waals surface area contributed by atoms with Gasteiger partial charge in [0.15, 0.2) is 5.82 Å². The summed E-state index contributed by atoms with van der Waals surface area (Å²) in [4.78, 5) is 19.8. The van der Waals surface area contributed by atoms with Crippen molar-refractivity contribution in [3.05, 3.63) is 53.4 Å². The maximum absolute atomic E-state index is 11.5. The van der Waals surface area contributed by atoms with Crippen molar-refractivity contribution in [3.8, 4) is 11.1 Å². The minimum atomic E-state index is 0.0729. The summed E-state index contributed by atoms with van der Waals surface area (Å²) in [5, 5.41) is 0.705. The number of hydrogen-bond acceptors (Lipinski definition) is 4. The van der Waals surface area contributed by atoms with Gasteiger partial charge in [-0.25, -0.2) is 4.98 Å². The molecule has 0 aliphatic carbocycles. The molecular formula is C18H18ClN3O. The van der Waals surface area contributed by atoms with Gasteiger partial charge in [-0.3, -0.25) is 4.79 Å². The van der Waals surface area contributed by atoms with Gasteiger partial charge in [0.2, 0.25) is 0 Å². The number of aromatic nitrogens is 1. The van der Waals surface area contributed by atoms with Gasteiger partial charge in [0, 0.05) is 23.8 Å². The van der Waals surface area contributed by atoms with Crippen LogP contribution >= 0.6 is 11.6 Å². The first-order chi connectivity index (χ1) is 10.9. The van der Waals surface area contributed by atoms with Crippen LogP contribution in [-0.2, 0) is 4.79 Å². The van der Waals surface area contributed by atoms with E-state index in [1.807, 2.05) is 42.1 Å². The van der Waals surface area contributed by atoms with Crippen LogP contribution in [0.1, 0.15) is 12.5 Å². The molecule has 0 unspecified atom stereocenters. The van der Waals surface area contributed by atoms with Crippen LogP contribution in [0.3, 0.4) is 0 Å². The van der Waals surface area contributed by atoms with Crippen molar-refractivity contribution in [2.24, 2.45) is 0 Å². The largest absolute Gasteiger partial charge is 0.328 e. The Hall–Kier alpha value is -2.33. The molecule has 3 rings (SSSR count). The molecule has 5 heteroatoms. The summed E-state index contributed by atoms with van der Waals surface area (Å²) < 4.78 is 0. The number of rotatable bonds is 3. The molecule has 0 radical (unpaired) electrons. The molecule has 0 spiro atoms. The third kappa shape index (κ3) is 2.82. The first-order valence-corrected chi connectivity index (χ1v) is 7.72. The average molecular weight is 328 g/mol. The lowest BCUT2D eigenvalue weighted by molar-refractivity contribution is -0.115. The average Bonchev–Trinajstić information content (AvgIpc) is 2.71. The number of hydrogen-bond donors (Lipinski definition) is 0. The molecule has 0 atom stereocenters. The van der Waals surface area contributed by atoms with Crippen LogP contribution in [0.25, 0.3) is 11.1 Å². The van der Waals surface area contributed by atoms with E-state index in [1.165, 1.54) is 0 Å². The summed E-state index contributed by atoms with van der Waals surface area (Å²) in [6.07, 6.45) is 1.81. The lowest BCUT2D eigenvalue weighted by Crippen LogP contribution is -2.29. The standard InChI is InChI=1S/C18H18ClN3O/c1-11-5-14(7-16(19)6-11)15-8-17-18(20-9-15)22(10-12(2)23)13(3)21(17)4/h5-9H,3,10H2,1-2,4H3. The molecule has 2 aromatic rings. The second-order valence-corrected chi connectivity index (χ2v) is 6.28. The van der Waals surface area contributed by atoms with Crippen molar-refractivity contribution in [1.29, 1.82) is 0 Å². The zero-order valence-electron chi connectivity index (χ0n) is 13.4. The lowest BCUT2D eigenvalue weighted by Gasteiger charge is -2.19. The Labute approximate surface area is 141 Å². The van der Waals surface area contributed by atoms with Crippen LogP contribution in [0, 0.1) is 6.92 Å². The van der Waals surface area contributed by atoms with Crippen molar-refractivity contribution in [2.75, 3.05) is 23.4 Å². The summed E-state index contributed by atoms with van der Waals surface area (Å²) in [6.45, 7) is 7.91. The highest BCUT2D eigenvalue weighted by Crippen LogP contribution is 2.40.